The van der Waals surface area contributed by atoms with Crippen molar-refractivity contribution in [3.8, 4) is 0 Å². The van der Waals surface area contributed by atoms with Gasteiger partial charge in [-0.05, 0) is 34.7 Å². The average molecular weight is 382 g/mol. The number of benzene rings is 1. The van der Waals surface area contributed by atoms with Crippen molar-refractivity contribution < 1.29 is 8.42 Å². The number of hydrogen-bond donors (Lipinski definition) is 2. The molecule has 0 amide bonds. The van der Waals surface area contributed by atoms with Crippen LogP contribution in [0.25, 0.3) is 0 Å². The zero-order chi connectivity index (χ0) is 12.5. The maximum absolute atomic E-state index is 11.9. The Bertz CT molecular complexity index is 640. The van der Waals surface area contributed by atoms with Crippen molar-refractivity contribution in [1.29, 1.82) is 0 Å². The first-order chi connectivity index (χ1) is 7.99. The fourth-order valence-corrected chi connectivity index (χ4v) is 3.63. The summed E-state index contributed by atoms with van der Waals surface area (Å²) in [7, 11) is -3.70. The van der Waals surface area contributed by atoms with Crippen LogP contribution in [0.3, 0.4) is 0 Å². The standard InChI is InChI=1S/C8H7IN4O2S2/c9-5-3-1-2-4-6(5)13-17(14,15)8-12-11-7(10)16-8/h1-4,13H,(H2,10,11). The van der Waals surface area contributed by atoms with Gasteiger partial charge in [-0.2, -0.15) is 8.42 Å². The molecule has 0 aliphatic rings. The maximum atomic E-state index is 11.9. The quantitative estimate of drug-likeness (QED) is 0.785. The highest BCUT2D eigenvalue weighted by atomic mass is 127. The Morgan fingerprint density at radius 3 is 2.59 bits per heavy atom. The highest BCUT2D eigenvalue weighted by Gasteiger charge is 2.20. The number of hydrogen-bond acceptors (Lipinski definition) is 6. The van der Waals surface area contributed by atoms with E-state index in [0.29, 0.717) is 5.69 Å². The Hall–Kier alpha value is -0.940. The predicted molar refractivity (Wildman–Crippen MR) is 74.3 cm³/mol. The van der Waals surface area contributed by atoms with E-state index in [2.05, 4.69) is 14.9 Å². The molecular formula is C8H7IN4O2S2. The number of halogens is 1. The molecule has 3 N–H and O–H groups in total. The van der Waals surface area contributed by atoms with Gasteiger partial charge in [-0.3, -0.25) is 4.72 Å². The van der Waals surface area contributed by atoms with Crippen molar-refractivity contribution in [2.75, 3.05) is 10.5 Å². The van der Waals surface area contributed by atoms with Crippen LogP contribution in [0.15, 0.2) is 28.6 Å². The molecule has 0 saturated carbocycles. The number of anilines is 2. The first-order valence-corrected chi connectivity index (χ1v) is 7.73. The number of rotatable bonds is 3. The van der Waals surface area contributed by atoms with E-state index in [1.54, 1.807) is 18.2 Å². The summed E-state index contributed by atoms with van der Waals surface area (Å²) in [6.45, 7) is 0. The molecule has 1 heterocycles. The van der Waals surface area contributed by atoms with Crippen LogP contribution < -0.4 is 10.5 Å². The molecule has 0 atom stereocenters. The second-order valence-corrected chi connectivity index (χ2v) is 7.02. The largest absolute Gasteiger partial charge is 0.374 e. The zero-order valence-corrected chi connectivity index (χ0v) is 12.1. The topological polar surface area (TPSA) is 98.0 Å². The highest BCUT2D eigenvalue weighted by molar-refractivity contribution is 14.1. The molecule has 0 saturated heterocycles. The van der Waals surface area contributed by atoms with Gasteiger partial charge < -0.3 is 5.73 Å². The summed E-state index contributed by atoms with van der Waals surface area (Å²) >= 11 is 2.86. The van der Waals surface area contributed by atoms with E-state index in [1.165, 1.54) is 0 Å². The van der Waals surface area contributed by atoms with Gasteiger partial charge in [0.2, 0.25) is 5.13 Å². The lowest BCUT2D eigenvalue weighted by Crippen LogP contribution is -2.13. The van der Waals surface area contributed by atoms with E-state index < -0.39 is 10.0 Å². The van der Waals surface area contributed by atoms with Gasteiger partial charge in [0, 0.05) is 3.57 Å². The van der Waals surface area contributed by atoms with Crippen molar-refractivity contribution in [2.45, 2.75) is 4.34 Å². The first kappa shape index (κ1) is 12.5. The average Bonchev–Trinajstić information content (AvgIpc) is 2.69. The Morgan fingerprint density at radius 2 is 2.00 bits per heavy atom. The van der Waals surface area contributed by atoms with E-state index in [1.807, 2.05) is 28.7 Å². The third-order valence-corrected chi connectivity index (χ3v) is 5.20. The Balaban J connectivity index is 2.33. The minimum absolute atomic E-state index is 0.119. The third kappa shape index (κ3) is 2.84. The van der Waals surface area contributed by atoms with Crippen LogP contribution in [0.4, 0.5) is 10.8 Å². The first-order valence-electron chi connectivity index (χ1n) is 4.35. The molecule has 90 valence electrons. The summed E-state index contributed by atoms with van der Waals surface area (Å²) in [5, 5.41) is 7.09. The second kappa shape index (κ2) is 4.74. The maximum Gasteiger partial charge on any atom is 0.291 e. The van der Waals surface area contributed by atoms with Crippen LogP contribution >= 0.6 is 33.9 Å². The highest BCUT2D eigenvalue weighted by Crippen LogP contribution is 2.23. The number of nitrogens with zero attached hydrogens (tertiary/aromatic N) is 2. The number of nitrogen functional groups attached to an aromatic ring is 1. The van der Waals surface area contributed by atoms with Crippen LogP contribution in [0.1, 0.15) is 0 Å². The molecule has 0 fully saturated rings. The molecule has 0 bridgehead atoms. The molecule has 0 aliphatic carbocycles. The van der Waals surface area contributed by atoms with Gasteiger partial charge in [0.25, 0.3) is 14.4 Å². The number of nitrogens with two attached hydrogens (primary N) is 1. The second-order valence-electron chi connectivity index (χ2n) is 2.99. The molecule has 0 radical (unpaired) electrons. The lowest BCUT2D eigenvalue weighted by Gasteiger charge is -2.06. The molecule has 0 aliphatic heterocycles. The number of para-hydroxylation sites is 1. The van der Waals surface area contributed by atoms with Crippen molar-refractivity contribution in [3.05, 3.63) is 27.8 Å². The van der Waals surface area contributed by atoms with E-state index in [4.69, 9.17) is 5.73 Å². The monoisotopic (exact) mass is 382 g/mol. The fraction of sp³-hybridized carbons (Fsp3) is 0. The van der Waals surface area contributed by atoms with Crippen LogP contribution in [0, 0.1) is 3.57 Å². The van der Waals surface area contributed by atoms with Gasteiger partial charge in [-0.25, -0.2) is 0 Å². The Morgan fingerprint density at radius 1 is 1.29 bits per heavy atom. The smallest absolute Gasteiger partial charge is 0.291 e. The van der Waals surface area contributed by atoms with Gasteiger partial charge in [0.05, 0.1) is 5.69 Å². The van der Waals surface area contributed by atoms with Crippen LogP contribution in [-0.2, 0) is 10.0 Å². The number of aromatic nitrogens is 2. The summed E-state index contributed by atoms with van der Waals surface area (Å²) in [5.41, 5.74) is 5.85. The molecule has 17 heavy (non-hydrogen) atoms. The number of sulfonamides is 1. The van der Waals surface area contributed by atoms with E-state index in [9.17, 15) is 8.42 Å². The van der Waals surface area contributed by atoms with Gasteiger partial charge in [-0.1, -0.05) is 23.5 Å². The van der Waals surface area contributed by atoms with Gasteiger partial charge >= 0.3 is 0 Å². The summed E-state index contributed by atoms with van der Waals surface area (Å²) in [6, 6.07) is 7.04. The number of nitrogens with one attached hydrogen (secondary N) is 1. The predicted octanol–water partition coefficient (Wildman–Crippen LogP) is 1.53. The molecule has 1 aromatic heterocycles. The van der Waals surface area contributed by atoms with E-state index >= 15 is 0 Å². The van der Waals surface area contributed by atoms with Crippen LogP contribution in [-0.4, -0.2) is 18.6 Å². The molecule has 9 heteroatoms. The Labute approximate surface area is 115 Å². The SMILES string of the molecule is Nc1nnc(S(=O)(=O)Nc2ccccc2I)s1. The van der Waals surface area contributed by atoms with Gasteiger partial charge in [-0.15, -0.1) is 10.2 Å². The van der Waals surface area contributed by atoms with Crippen molar-refractivity contribution in [3.63, 3.8) is 0 Å². The summed E-state index contributed by atoms with van der Waals surface area (Å²) in [5.74, 6) is 0. The summed E-state index contributed by atoms with van der Waals surface area (Å²) in [6.07, 6.45) is 0. The molecule has 1 aromatic carbocycles. The van der Waals surface area contributed by atoms with Crippen molar-refractivity contribution in [1.82, 2.24) is 10.2 Å². The van der Waals surface area contributed by atoms with Crippen LogP contribution in [0.2, 0.25) is 0 Å². The fourth-order valence-electron chi connectivity index (χ4n) is 1.06. The van der Waals surface area contributed by atoms with Crippen LogP contribution in [0.5, 0.6) is 0 Å². The lowest BCUT2D eigenvalue weighted by atomic mass is 10.3. The van der Waals surface area contributed by atoms with Gasteiger partial charge in [0.1, 0.15) is 0 Å². The molecule has 2 rings (SSSR count). The zero-order valence-electron chi connectivity index (χ0n) is 8.29. The minimum atomic E-state index is -3.70. The van der Waals surface area contributed by atoms with Crippen molar-refractivity contribution in [2.24, 2.45) is 0 Å². The Kier molecular flexibility index (Phi) is 3.49. The summed E-state index contributed by atoms with van der Waals surface area (Å²) < 4.78 is 26.9. The van der Waals surface area contributed by atoms with E-state index in [-0.39, 0.29) is 9.47 Å². The molecule has 2 aromatic rings. The normalized spacial score (nSPS) is 11.4. The molecular weight excluding hydrogens is 375 g/mol. The molecule has 0 spiro atoms. The van der Waals surface area contributed by atoms with Gasteiger partial charge in [0.15, 0.2) is 0 Å². The molecule has 6 nitrogen and oxygen atoms in total. The van der Waals surface area contributed by atoms with E-state index in [0.717, 1.165) is 14.9 Å². The lowest BCUT2D eigenvalue weighted by molar-refractivity contribution is 0.599. The molecule has 0 unspecified atom stereocenters. The van der Waals surface area contributed by atoms with Crippen molar-refractivity contribution >= 4 is 54.8 Å². The summed E-state index contributed by atoms with van der Waals surface area (Å²) in [4.78, 5) is 0. The third-order valence-electron chi connectivity index (χ3n) is 1.77. The minimum Gasteiger partial charge on any atom is -0.374 e.